The summed E-state index contributed by atoms with van der Waals surface area (Å²) < 4.78 is 0. The highest BCUT2D eigenvalue weighted by atomic mass is 35.5. The second-order valence-electron chi connectivity index (χ2n) is 3.61. The maximum absolute atomic E-state index is 5.93. The number of rotatable bonds is 1. The molecule has 0 saturated carbocycles. The van der Waals surface area contributed by atoms with E-state index in [1.807, 2.05) is 12.1 Å². The fourth-order valence-electron chi connectivity index (χ4n) is 1.83. The van der Waals surface area contributed by atoms with Gasteiger partial charge in [-0.15, -0.1) is 0 Å². The zero-order valence-corrected chi connectivity index (χ0v) is 8.87. The highest BCUT2D eigenvalue weighted by molar-refractivity contribution is 6.30. The van der Waals surface area contributed by atoms with E-state index < -0.39 is 0 Å². The van der Waals surface area contributed by atoms with E-state index in [-0.39, 0.29) is 0 Å². The van der Waals surface area contributed by atoms with Crippen LogP contribution in [0.4, 0.5) is 0 Å². The molecule has 0 amide bonds. The van der Waals surface area contributed by atoms with Gasteiger partial charge < -0.3 is 0 Å². The lowest BCUT2D eigenvalue weighted by Gasteiger charge is -2.13. The first kappa shape index (κ1) is 9.60. The van der Waals surface area contributed by atoms with Crippen molar-refractivity contribution in [3.8, 4) is 0 Å². The lowest BCUT2D eigenvalue weighted by molar-refractivity contribution is 0.846. The Morgan fingerprint density at radius 1 is 1.08 bits per heavy atom. The summed E-state index contributed by atoms with van der Waals surface area (Å²) in [4.78, 5) is 0. The van der Waals surface area contributed by atoms with Crippen LogP contribution in [0.3, 0.4) is 0 Å². The number of benzene rings is 1. The van der Waals surface area contributed by atoms with E-state index in [9.17, 15) is 0 Å². The molecule has 0 aromatic heterocycles. The van der Waals surface area contributed by atoms with Crippen molar-refractivity contribution >= 4 is 11.6 Å². The normalized spacial score (nSPS) is 10.8. The number of halogens is 1. The number of hydrogen-bond acceptors (Lipinski definition) is 0. The van der Waals surface area contributed by atoms with Crippen molar-refractivity contribution in [2.24, 2.45) is 0 Å². The Morgan fingerprint density at radius 2 is 1.50 bits per heavy atom. The van der Waals surface area contributed by atoms with E-state index in [2.05, 4.69) is 27.7 Å². The number of aryl methyl sites for hydroxylation is 2. The molecule has 1 aromatic carbocycles. The quantitative estimate of drug-likeness (QED) is 0.614. The van der Waals surface area contributed by atoms with Gasteiger partial charge in [0.05, 0.1) is 0 Å². The van der Waals surface area contributed by atoms with E-state index in [0.29, 0.717) is 5.92 Å². The van der Waals surface area contributed by atoms with Gasteiger partial charge in [0.15, 0.2) is 0 Å². The van der Waals surface area contributed by atoms with Crippen molar-refractivity contribution in [3.05, 3.63) is 33.8 Å². The summed E-state index contributed by atoms with van der Waals surface area (Å²) in [5.41, 5.74) is 4.03. The van der Waals surface area contributed by atoms with E-state index in [0.717, 1.165) is 5.02 Å². The van der Waals surface area contributed by atoms with Crippen molar-refractivity contribution < 1.29 is 0 Å². The van der Waals surface area contributed by atoms with Gasteiger partial charge in [0.2, 0.25) is 0 Å². The van der Waals surface area contributed by atoms with E-state index in [1.165, 1.54) is 16.7 Å². The Balaban J connectivity index is 3.28. The second-order valence-corrected chi connectivity index (χ2v) is 4.04. The molecule has 0 spiro atoms. The summed E-state index contributed by atoms with van der Waals surface area (Å²) in [5.74, 6) is 0.585. The van der Waals surface area contributed by atoms with Crippen LogP contribution in [0, 0.1) is 13.8 Å². The molecule has 0 aliphatic heterocycles. The van der Waals surface area contributed by atoms with Gasteiger partial charge >= 0.3 is 0 Å². The largest absolute Gasteiger partial charge is 0.0843 e. The minimum Gasteiger partial charge on any atom is -0.0843 e. The molecule has 0 atom stereocenters. The summed E-state index contributed by atoms with van der Waals surface area (Å²) in [6.07, 6.45) is 0. The van der Waals surface area contributed by atoms with Crippen LogP contribution < -0.4 is 0 Å². The van der Waals surface area contributed by atoms with Crippen LogP contribution in [0.15, 0.2) is 12.1 Å². The third-order valence-electron chi connectivity index (χ3n) is 2.14. The van der Waals surface area contributed by atoms with Crippen LogP contribution in [0.25, 0.3) is 0 Å². The topological polar surface area (TPSA) is 0 Å². The first-order valence-electron chi connectivity index (χ1n) is 4.29. The molecular weight excluding hydrogens is 168 g/mol. The summed E-state index contributed by atoms with van der Waals surface area (Å²) in [6, 6.07) is 4.06. The maximum atomic E-state index is 5.93. The Morgan fingerprint density at radius 3 is 1.83 bits per heavy atom. The molecule has 0 bridgehead atoms. The molecule has 0 nitrogen and oxygen atoms in total. The van der Waals surface area contributed by atoms with Crippen LogP contribution in [-0.4, -0.2) is 0 Å². The van der Waals surface area contributed by atoms with Crippen LogP contribution in [-0.2, 0) is 0 Å². The molecule has 0 saturated heterocycles. The molecule has 0 aliphatic rings. The fraction of sp³-hybridized carbons (Fsp3) is 0.455. The molecule has 1 heteroatoms. The average Bonchev–Trinajstić information content (AvgIpc) is 1.82. The van der Waals surface area contributed by atoms with Gasteiger partial charge in [-0.2, -0.15) is 0 Å². The first-order valence-corrected chi connectivity index (χ1v) is 4.67. The van der Waals surface area contributed by atoms with Crippen molar-refractivity contribution in [2.45, 2.75) is 33.6 Å². The van der Waals surface area contributed by atoms with Crippen LogP contribution in [0.5, 0.6) is 0 Å². The Bertz CT molecular complexity index is 264. The molecule has 0 N–H and O–H groups in total. The third-order valence-corrected chi connectivity index (χ3v) is 2.35. The van der Waals surface area contributed by atoms with Crippen LogP contribution >= 0.6 is 11.6 Å². The smallest absolute Gasteiger partial charge is 0.0411 e. The van der Waals surface area contributed by atoms with E-state index in [4.69, 9.17) is 11.6 Å². The zero-order valence-electron chi connectivity index (χ0n) is 8.11. The van der Waals surface area contributed by atoms with Gasteiger partial charge in [-0.05, 0) is 48.6 Å². The predicted molar refractivity (Wildman–Crippen MR) is 55.0 cm³/mol. The fourth-order valence-corrected chi connectivity index (χ4v) is 2.16. The lowest BCUT2D eigenvalue weighted by Crippen LogP contribution is -1.95. The molecule has 12 heavy (non-hydrogen) atoms. The Labute approximate surface area is 79.6 Å². The van der Waals surface area contributed by atoms with Crippen LogP contribution in [0.1, 0.15) is 36.5 Å². The maximum Gasteiger partial charge on any atom is 0.0411 e. The summed E-state index contributed by atoms with van der Waals surface area (Å²) in [6.45, 7) is 8.66. The second kappa shape index (κ2) is 3.49. The van der Waals surface area contributed by atoms with Crippen molar-refractivity contribution in [2.75, 3.05) is 0 Å². The highest BCUT2D eigenvalue weighted by Crippen LogP contribution is 2.26. The lowest BCUT2D eigenvalue weighted by atomic mass is 9.93. The molecule has 0 heterocycles. The molecule has 0 aliphatic carbocycles. The molecule has 0 radical (unpaired) electrons. The first-order chi connectivity index (χ1) is 5.52. The SMILES string of the molecule is Cc1cc(Cl)cc(C)c1C(C)C. The monoisotopic (exact) mass is 182 g/mol. The minimum absolute atomic E-state index is 0.585. The van der Waals surface area contributed by atoms with Crippen molar-refractivity contribution in [1.29, 1.82) is 0 Å². The summed E-state index contributed by atoms with van der Waals surface area (Å²) in [5, 5.41) is 0.842. The molecular formula is C11H15Cl. The van der Waals surface area contributed by atoms with Crippen molar-refractivity contribution in [1.82, 2.24) is 0 Å². The van der Waals surface area contributed by atoms with Gasteiger partial charge in [-0.25, -0.2) is 0 Å². The van der Waals surface area contributed by atoms with Gasteiger partial charge in [0, 0.05) is 5.02 Å². The van der Waals surface area contributed by atoms with Gasteiger partial charge in [-0.1, -0.05) is 25.4 Å². The average molecular weight is 183 g/mol. The Kier molecular flexibility index (Phi) is 2.79. The van der Waals surface area contributed by atoms with Crippen LogP contribution in [0.2, 0.25) is 5.02 Å². The zero-order chi connectivity index (χ0) is 9.30. The highest BCUT2D eigenvalue weighted by Gasteiger charge is 2.07. The predicted octanol–water partition coefficient (Wildman–Crippen LogP) is 4.08. The molecule has 1 rings (SSSR count). The molecule has 0 unspecified atom stereocenters. The van der Waals surface area contributed by atoms with Crippen molar-refractivity contribution in [3.63, 3.8) is 0 Å². The summed E-state index contributed by atoms with van der Waals surface area (Å²) >= 11 is 5.93. The van der Waals surface area contributed by atoms with E-state index >= 15 is 0 Å². The molecule has 0 fully saturated rings. The van der Waals surface area contributed by atoms with Gasteiger partial charge in [-0.3, -0.25) is 0 Å². The standard InChI is InChI=1S/C11H15Cl/c1-7(2)11-8(3)5-10(12)6-9(11)4/h5-7H,1-4H3. The van der Waals surface area contributed by atoms with Gasteiger partial charge in [0.1, 0.15) is 0 Å². The minimum atomic E-state index is 0.585. The molecule has 1 aromatic rings. The molecule has 66 valence electrons. The Hall–Kier alpha value is -0.490. The van der Waals surface area contributed by atoms with Gasteiger partial charge in [0.25, 0.3) is 0 Å². The summed E-state index contributed by atoms with van der Waals surface area (Å²) in [7, 11) is 0. The third kappa shape index (κ3) is 1.81. The van der Waals surface area contributed by atoms with E-state index in [1.54, 1.807) is 0 Å². The number of hydrogen-bond donors (Lipinski definition) is 0.